The maximum atomic E-state index is 14.5. The topological polar surface area (TPSA) is 84.8 Å². The highest BCUT2D eigenvalue weighted by Crippen LogP contribution is 2.22. The molecule has 0 aliphatic heterocycles. The lowest BCUT2D eigenvalue weighted by atomic mass is 10.1. The van der Waals surface area contributed by atoms with Crippen molar-refractivity contribution in [1.82, 2.24) is 21.4 Å². The Hall–Kier alpha value is -2.54. The number of nitrogens with zero attached hydrogens (tertiary/aromatic N) is 2. The van der Waals surface area contributed by atoms with E-state index in [9.17, 15) is 4.39 Å². The number of aromatic nitrogens is 2. The van der Waals surface area contributed by atoms with Crippen LogP contribution in [0.15, 0.2) is 54.7 Å². The van der Waals surface area contributed by atoms with E-state index in [1.54, 1.807) is 0 Å². The van der Waals surface area contributed by atoms with E-state index < -0.39 is 5.82 Å². The number of halogens is 2. The number of hydrogen-bond donors (Lipinski definition) is 3. The maximum Gasteiger partial charge on any atom is 0.223 e. The Morgan fingerprint density at radius 3 is 2.52 bits per heavy atom. The predicted octanol–water partition coefficient (Wildman–Crippen LogP) is 6.03. The molecule has 7 heteroatoms. The Morgan fingerprint density at radius 1 is 1.03 bits per heavy atom. The standard InChI is InChI=1S/C24H28ClFN4.H3N/c1-3-21(4-2)28-15-18-8-5-9-19(13-18)23-22(26)16-29-24(30-23)27-12-11-17-7-6-10-20(25)14-17;/h5-10,13-14,16,21,28H,3-4,11-12,15H2,1-2H3,(H,27,29,30);1H3. The van der Waals surface area contributed by atoms with E-state index >= 15 is 0 Å². The fourth-order valence-electron chi connectivity index (χ4n) is 3.33. The van der Waals surface area contributed by atoms with Gasteiger partial charge in [0.1, 0.15) is 5.69 Å². The van der Waals surface area contributed by atoms with Gasteiger partial charge in [0.05, 0.1) is 6.20 Å². The zero-order valence-corrected chi connectivity index (χ0v) is 18.9. The maximum absolute atomic E-state index is 14.5. The van der Waals surface area contributed by atoms with Crippen molar-refractivity contribution in [2.75, 3.05) is 11.9 Å². The van der Waals surface area contributed by atoms with Crippen LogP contribution in [0.4, 0.5) is 10.3 Å². The van der Waals surface area contributed by atoms with Crippen LogP contribution in [-0.2, 0) is 13.0 Å². The van der Waals surface area contributed by atoms with Crippen LogP contribution < -0.4 is 16.8 Å². The number of hydrogen-bond acceptors (Lipinski definition) is 5. The number of anilines is 1. The molecule has 0 fully saturated rings. The van der Waals surface area contributed by atoms with Crippen molar-refractivity contribution in [2.24, 2.45) is 0 Å². The van der Waals surface area contributed by atoms with Crippen LogP contribution in [0.3, 0.4) is 0 Å². The summed E-state index contributed by atoms with van der Waals surface area (Å²) < 4.78 is 14.5. The van der Waals surface area contributed by atoms with Gasteiger partial charge in [-0.3, -0.25) is 0 Å². The lowest BCUT2D eigenvalue weighted by Gasteiger charge is -2.15. The van der Waals surface area contributed by atoms with Gasteiger partial charge in [0.2, 0.25) is 5.95 Å². The molecule has 5 N–H and O–H groups in total. The summed E-state index contributed by atoms with van der Waals surface area (Å²) in [5, 5.41) is 7.43. The summed E-state index contributed by atoms with van der Waals surface area (Å²) in [4.78, 5) is 8.50. The molecule has 0 aliphatic carbocycles. The van der Waals surface area contributed by atoms with Gasteiger partial charge in [-0.25, -0.2) is 14.4 Å². The third-order valence-electron chi connectivity index (χ3n) is 5.11. The molecule has 0 aliphatic rings. The third-order valence-corrected chi connectivity index (χ3v) is 5.35. The van der Waals surface area contributed by atoms with Crippen LogP contribution in [0.1, 0.15) is 37.8 Å². The van der Waals surface area contributed by atoms with E-state index in [-0.39, 0.29) is 6.15 Å². The van der Waals surface area contributed by atoms with Gasteiger partial charge in [-0.15, -0.1) is 0 Å². The summed E-state index contributed by atoms with van der Waals surface area (Å²) in [5.74, 6) is -0.0190. The first-order valence-electron chi connectivity index (χ1n) is 10.4. The molecule has 31 heavy (non-hydrogen) atoms. The van der Waals surface area contributed by atoms with Crippen molar-refractivity contribution in [1.29, 1.82) is 0 Å². The Kier molecular flexibility index (Phi) is 9.85. The van der Waals surface area contributed by atoms with Gasteiger partial charge in [0.15, 0.2) is 5.82 Å². The van der Waals surface area contributed by atoms with Crippen LogP contribution in [-0.4, -0.2) is 22.6 Å². The van der Waals surface area contributed by atoms with Gasteiger partial charge < -0.3 is 16.8 Å². The minimum atomic E-state index is -0.430. The molecule has 0 bridgehead atoms. The van der Waals surface area contributed by atoms with E-state index in [2.05, 4.69) is 34.4 Å². The molecule has 0 saturated carbocycles. The van der Waals surface area contributed by atoms with E-state index in [0.29, 0.717) is 29.3 Å². The van der Waals surface area contributed by atoms with E-state index in [1.165, 1.54) is 6.20 Å². The van der Waals surface area contributed by atoms with Crippen molar-refractivity contribution >= 4 is 17.5 Å². The highest BCUT2D eigenvalue weighted by Gasteiger charge is 2.11. The number of nitrogens with one attached hydrogen (secondary N) is 2. The second-order valence-corrected chi connectivity index (χ2v) is 7.73. The highest BCUT2D eigenvalue weighted by atomic mass is 35.5. The summed E-state index contributed by atoms with van der Waals surface area (Å²) >= 11 is 6.02. The summed E-state index contributed by atoms with van der Waals surface area (Å²) in [6.45, 7) is 5.73. The van der Waals surface area contributed by atoms with Gasteiger partial charge in [-0.2, -0.15) is 0 Å². The average Bonchev–Trinajstić information content (AvgIpc) is 2.76. The lowest BCUT2D eigenvalue weighted by molar-refractivity contribution is 0.484. The molecule has 0 spiro atoms. The molecular formula is C24H31ClFN5. The largest absolute Gasteiger partial charge is 0.354 e. The third kappa shape index (κ3) is 7.28. The van der Waals surface area contributed by atoms with Gasteiger partial charge in [0, 0.05) is 29.7 Å². The smallest absolute Gasteiger partial charge is 0.223 e. The molecule has 0 saturated heterocycles. The monoisotopic (exact) mass is 443 g/mol. The zero-order valence-electron chi connectivity index (χ0n) is 18.2. The normalized spacial score (nSPS) is 10.7. The van der Waals surface area contributed by atoms with Crippen molar-refractivity contribution < 1.29 is 4.39 Å². The second-order valence-electron chi connectivity index (χ2n) is 7.29. The van der Waals surface area contributed by atoms with Crippen molar-refractivity contribution in [3.63, 3.8) is 0 Å². The first kappa shape index (κ1) is 24.7. The Morgan fingerprint density at radius 2 is 1.77 bits per heavy atom. The molecule has 5 nitrogen and oxygen atoms in total. The highest BCUT2D eigenvalue weighted by molar-refractivity contribution is 6.30. The van der Waals surface area contributed by atoms with Gasteiger partial charge in [0.25, 0.3) is 0 Å². The molecule has 0 radical (unpaired) electrons. The molecule has 1 aromatic heterocycles. The van der Waals surface area contributed by atoms with Gasteiger partial charge >= 0.3 is 0 Å². The SMILES string of the molecule is CCC(CC)NCc1cccc(-c2nc(NCCc3cccc(Cl)c3)ncc2F)c1.N. The lowest BCUT2D eigenvalue weighted by Crippen LogP contribution is -2.26. The fraction of sp³-hybridized carbons (Fsp3) is 0.333. The molecule has 3 aromatic rings. The molecule has 166 valence electrons. The van der Waals surface area contributed by atoms with Crippen molar-refractivity contribution in [3.8, 4) is 11.3 Å². The predicted molar refractivity (Wildman–Crippen MR) is 127 cm³/mol. The number of rotatable bonds is 10. The molecule has 0 atom stereocenters. The first-order chi connectivity index (χ1) is 14.6. The molecule has 0 amide bonds. The Labute approximate surface area is 189 Å². The van der Waals surface area contributed by atoms with Crippen molar-refractivity contribution in [2.45, 2.75) is 45.7 Å². The summed E-state index contributed by atoms with van der Waals surface area (Å²) in [7, 11) is 0. The second kappa shape index (κ2) is 12.3. The van der Waals surface area contributed by atoms with E-state index in [0.717, 1.165) is 42.5 Å². The number of benzene rings is 2. The summed E-state index contributed by atoms with van der Waals surface area (Å²) in [6.07, 6.45) is 4.16. The average molecular weight is 444 g/mol. The molecule has 3 rings (SSSR count). The van der Waals surface area contributed by atoms with Crippen LogP contribution in [0.25, 0.3) is 11.3 Å². The summed E-state index contributed by atoms with van der Waals surface area (Å²) in [6, 6.07) is 16.1. The van der Waals surface area contributed by atoms with Crippen LogP contribution >= 0.6 is 11.6 Å². The zero-order chi connectivity index (χ0) is 21.3. The van der Waals surface area contributed by atoms with E-state index in [1.807, 2.05) is 48.5 Å². The minimum absolute atomic E-state index is 0. The molecule has 0 unspecified atom stereocenters. The Balaban J connectivity index is 0.00000341. The molecular weight excluding hydrogens is 413 g/mol. The van der Waals surface area contributed by atoms with Gasteiger partial charge in [-0.05, 0) is 48.6 Å². The summed E-state index contributed by atoms with van der Waals surface area (Å²) in [5.41, 5.74) is 3.28. The Bertz CT molecular complexity index is 962. The molecule has 1 heterocycles. The van der Waals surface area contributed by atoms with Crippen LogP contribution in [0, 0.1) is 5.82 Å². The van der Waals surface area contributed by atoms with Gasteiger partial charge in [-0.1, -0.05) is 55.8 Å². The van der Waals surface area contributed by atoms with Crippen molar-refractivity contribution in [3.05, 3.63) is 76.7 Å². The first-order valence-corrected chi connectivity index (χ1v) is 10.8. The minimum Gasteiger partial charge on any atom is -0.354 e. The fourth-order valence-corrected chi connectivity index (χ4v) is 3.55. The van der Waals surface area contributed by atoms with E-state index in [4.69, 9.17) is 11.6 Å². The molecule has 2 aromatic carbocycles. The van der Waals surface area contributed by atoms with Crippen LogP contribution in [0.2, 0.25) is 5.02 Å². The quantitative estimate of drug-likeness (QED) is 0.356. The van der Waals surface area contributed by atoms with Crippen LogP contribution in [0.5, 0.6) is 0 Å².